The lowest BCUT2D eigenvalue weighted by Gasteiger charge is -2.66. The molecule has 0 radical (unpaired) electrons. The van der Waals surface area contributed by atoms with Gasteiger partial charge in [0.25, 0.3) is 0 Å². The molecule has 1 aromatic heterocycles. The van der Waals surface area contributed by atoms with Crippen LogP contribution in [0.1, 0.15) is 146 Å². The van der Waals surface area contributed by atoms with Crippen LogP contribution in [0.25, 0.3) is 0 Å². The Morgan fingerprint density at radius 2 is 1.69 bits per heavy atom. The molecule has 10 aliphatic rings. The van der Waals surface area contributed by atoms with Gasteiger partial charge in [-0.3, -0.25) is 19.4 Å². The minimum Gasteiger partial charge on any atom is -0.508 e. The van der Waals surface area contributed by atoms with Crippen molar-refractivity contribution in [2.45, 2.75) is 171 Å². The van der Waals surface area contributed by atoms with E-state index in [1.807, 2.05) is 24.4 Å². The fourth-order valence-corrected chi connectivity index (χ4v) is 23.3. The number of ether oxygens (including phenoxy) is 1. The topological polar surface area (TPSA) is 315 Å². The lowest BCUT2D eigenvalue weighted by Crippen LogP contribution is -2.69. The number of aliphatic hydroxyl groups excluding tert-OH is 4. The number of nitrogens with two attached hydrogens (primary N) is 2. The molecule has 2 aromatic rings. The van der Waals surface area contributed by atoms with E-state index in [-0.39, 0.29) is 135 Å². The van der Waals surface area contributed by atoms with Crippen molar-refractivity contribution in [1.29, 1.82) is 0 Å². The quantitative estimate of drug-likeness (QED) is 0.0261. The fraction of sp³-hybridized carbons (Fsp3) is 0.701. The van der Waals surface area contributed by atoms with E-state index in [4.69, 9.17) is 16.2 Å². The molecule has 0 amide bonds. The molecule has 8 aliphatic carbocycles. The largest absolute Gasteiger partial charge is 0.508 e. The zero-order chi connectivity index (χ0) is 60.6. The molecular formula is C67H91N5O12S2. The van der Waals surface area contributed by atoms with E-state index in [0.717, 1.165) is 56.1 Å². The predicted octanol–water partition coefficient (Wildman–Crippen LogP) is 6.34. The smallest absolute Gasteiger partial charge is 0.313 e. The molecule has 86 heavy (non-hydrogen) atoms. The Kier molecular flexibility index (Phi) is 17.6. The average Bonchev–Trinajstić information content (AvgIpc) is 1.33. The highest BCUT2D eigenvalue weighted by Gasteiger charge is 2.76. The maximum Gasteiger partial charge on any atom is 0.313 e. The molecule has 5 saturated carbocycles. The van der Waals surface area contributed by atoms with Crippen LogP contribution in [0.3, 0.4) is 0 Å². The number of aromatic nitrogens is 1. The second kappa shape index (κ2) is 24.4. The molecular weight excluding hydrogens is 1130 g/mol. The number of nitrogens with one attached hydrogen (secondary N) is 2. The van der Waals surface area contributed by atoms with Gasteiger partial charge in [-0.25, -0.2) is 0 Å². The highest BCUT2D eigenvalue weighted by atomic mass is 33.1. The number of ketones is 2. The third-order valence-electron chi connectivity index (χ3n) is 24.1. The van der Waals surface area contributed by atoms with Gasteiger partial charge >= 0.3 is 5.97 Å². The van der Waals surface area contributed by atoms with Gasteiger partial charge in [0.2, 0.25) is 0 Å². The Morgan fingerprint density at radius 1 is 0.919 bits per heavy atom. The third kappa shape index (κ3) is 10.7. The number of cyclic esters (lactones) is 1. The molecule has 7 fully saturated rings. The number of hydrogen-bond acceptors (Lipinski definition) is 16. The number of benzene rings is 1. The SMILES string of the molecule is C[C@@H]1CCC2=CC[C@@H]3[C@H](C[C@@H]([C@H]4COC(=O)[C@@H]4c4cc[nH]c4)C#CC[C@H]4C[C@@]5(O)C6=C7NCC(=O)C[C@H](c8ccc(O)cc8)CSSC[C@@H]8[C@@H](O)[C@@H](O)C[C@@](C9CCCC9)([C@@H]8C7=O)[C@H]6CC[C@]5(CCN=C(N)N)[C@H]4[C@@](C)(O)[C@H](O)C[C@H]3C(O)O)[C@H]2C1. The summed E-state index contributed by atoms with van der Waals surface area (Å²) in [7, 11) is 3.10. The number of carbonyl (C=O) groups is 3. The molecule has 19 heteroatoms. The van der Waals surface area contributed by atoms with Crippen LogP contribution in [0, 0.1) is 99.6 Å². The van der Waals surface area contributed by atoms with Crippen LogP contribution in [0.15, 0.2) is 70.6 Å². The fourth-order valence-electron chi connectivity index (χ4n) is 20.5. The van der Waals surface area contributed by atoms with Crippen molar-refractivity contribution in [3.8, 4) is 17.6 Å². The van der Waals surface area contributed by atoms with E-state index in [9.17, 15) is 45.3 Å². The van der Waals surface area contributed by atoms with Gasteiger partial charge in [0, 0.05) is 90.1 Å². The second-order valence-corrected chi connectivity index (χ2v) is 30.9. The molecule has 0 unspecified atom stereocenters. The van der Waals surface area contributed by atoms with Crippen LogP contribution >= 0.6 is 21.6 Å². The van der Waals surface area contributed by atoms with Crippen LogP contribution in [0.5, 0.6) is 5.75 Å². The average molecular weight is 1220 g/mol. The second-order valence-electron chi connectivity index (χ2n) is 28.4. The summed E-state index contributed by atoms with van der Waals surface area (Å²) < 4.78 is 5.95. The number of aromatic hydroxyl groups is 1. The van der Waals surface area contributed by atoms with Crippen molar-refractivity contribution in [3.63, 3.8) is 0 Å². The summed E-state index contributed by atoms with van der Waals surface area (Å²) in [6.45, 7) is 3.76. The molecule has 3 heterocycles. The van der Waals surface area contributed by atoms with E-state index >= 15 is 9.90 Å². The minimum absolute atomic E-state index is 0.00427. The van der Waals surface area contributed by atoms with Crippen LogP contribution in [0.4, 0.5) is 0 Å². The van der Waals surface area contributed by atoms with E-state index in [1.165, 1.54) is 16.4 Å². The van der Waals surface area contributed by atoms with Crippen molar-refractivity contribution in [2.75, 3.05) is 31.2 Å². The number of guanidine groups is 1. The number of carbonyl (C=O) groups excluding carboxylic acids is 3. The number of allylic oxidation sites excluding steroid dienone is 3. The van der Waals surface area contributed by atoms with Gasteiger partial charge < -0.3 is 67.4 Å². The number of nitrogens with zero attached hydrogens (tertiary/aromatic N) is 1. The Bertz CT molecular complexity index is 3010. The Hall–Kier alpha value is -4.36. The maximum absolute atomic E-state index is 16.6. The number of phenols is 1. The maximum atomic E-state index is 16.6. The highest BCUT2D eigenvalue weighted by Crippen LogP contribution is 2.75. The van der Waals surface area contributed by atoms with E-state index < -0.39 is 94.0 Å². The molecule has 2 bridgehead atoms. The van der Waals surface area contributed by atoms with Gasteiger partial charge in [-0.2, -0.15) is 0 Å². The lowest BCUT2D eigenvalue weighted by molar-refractivity contribution is -0.206. The van der Waals surface area contributed by atoms with Gasteiger partial charge in [0.1, 0.15) is 5.75 Å². The van der Waals surface area contributed by atoms with Crippen LogP contribution < -0.4 is 16.8 Å². The molecule has 17 nitrogen and oxygen atoms in total. The minimum atomic E-state index is -2.06. The van der Waals surface area contributed by atoms with E-state index in [2.05, 4.69) is 40.1 Å². The molecule has 468 valence electrons. The Morgan fingerprint density at radius 3 is 2.42 bits per heavy atom. The molecule has 1 aromatic carbocycles. The van der Waals surface area contributed by atoms with Crippen molar-refractivity contribution >= 4 is 45.1 Å². The number of H-pyrrole nitrogens is 1. The zero-order valence-corrected chi connectivity index (χ0v) is 51.4. The van der Waals surface area contributed by atoms with E-state index in [0.29, 0.717) is 42.3 Å². The monoisotopic (exact) mass is 1220 g/mol. The molecule has 21 atom stereocenters. The summed E-state index contributed by atoms with van der Waals surface area (Å²) in [5.74, 6) is 1.10. The molecule has 14 N–H and O–H groups in total. The van der Waals surface area contributed by atoms with Gasteiger partial charge in [-0.05, 0) is 172 Å². The normalized spacial score (nSPS) is 43.0. The molecule has 12 rings (SSSR count). The lowest BCUT2D eigenvalue weighted by atomic mass is 9.40. The number of aliphatic imine (C=N–C) groups is 1. The van der Waals surface area contributed by atoms with Gasteiger partial charge in [0.15, 0.2) is 23.8 Å². The molecule has 0 spiro atoms. The molecule has 2 aliphatic heterocycles. The summed E-state index contributed by atoms with van der Waals surface area (Å²) in [5.41, 5.74) is 9.44. The van der Waals surface area contributed by atoms with Gasteiger partial charge in [-0.1, -0.05) is 71.1 Å². The van der Waals surface area contributed by atoms with Gasteiger partial charge in [0.05, 0.1) is 54.3 Å². The third-order valence-corrected chi connectivity index (χ3v) is 26.7. The number of fused-ring (bicyclic) bond motifs is 10. The van der Waals surface area contributed by atoms with Crippen molar-refractivity contribution in [2.24, 2.45) is 104 Å². The predicted molar refractivity (Wildman–Crippen MR) is 328 cm³/mol. The van der Waals surface area contributed by atoms with Crippen LogP contribution in [0.2, 0.25) is 0 Å². The summed E-state index contributed by atoms with van der Waals surface area (Å²) in [6, 6.07) is 8.73. The van der Waals surface area contributed by atoms with Crippen molar-refractivity contribution in [3.05, 3.63) is 76.8 Å². The molecule has 2 saturated heterocycles. The summed E-state index contributed by atoms with van der Waals surface area (Å²) in [6.07, 6.45) is 8.22. The summed E-state index contributed by atoms with van der Waals surface area (Å²) in [4.78, 5) is 52.8. The number of aromatic amines is 1. The van der Waals surface area contributed by atoms with Crippen molar-refractivity contribution < 1.29 is 60.0 Å². The van der Waals surface area contributed by atoms with Crippen LogP contribution in [-0.2, 0) is 19.1 Å². The van der Waals surface area contributed by atoms with Crippen LogP contribution in [-0.4, -0.2) is 136 Å². The summed E-state index contributed by atoms with van der Waals surface area (Å²) in [5, 5.41) is 104. The number of hydrogen-bond donors (Lipinski definition) is 12. The number of rotatable bonds is 8. The number of esters is 1. The van der Waals surface area contributed by atoms with E-state index in [1.54, 1.807) is 36.0 Å². The zero-order valence-electron chi connectivity index (χ0n) is 49.8. The van der Waals surface area contributed by atoms with Gasteiger partial charge in [-0.15, -0.1) is 5.92 Å². The summed E-state index contributed by atoms with van der Waals surface area (Å²) >= 11 is 0. The number of aliphatic hydroxyl groups is 7. The Balaban J connectivity index is 1.04. The van der Waals surface area contributed by atoms with Crippen molar-refractivity contribution in [1.82, 2.24) is 10.3 Å². The first-order chi connectivity index (χ1) is 41.2. The number of Topliss-reactive ketones (excluding diaryl/α,β-unsaturated/α-hetero) is 2. The standard InChI is InChI=1S/C67H91N5O12S2/c1-35-10-11-37-14-17-45-47(46(37)24-35)26-38(49-32-84-62(81)54(49)40-19-22-70-30-40)6-5-7-39-28-67(83)56-51(18-20-65(67,21-23-71-63(68)69)60(39)64(2,82)53(76)27-48(45)61(79)80)66(42-8-3-4-9-42)29-52(75)58(77)50-34-86-85-33-41(36-12-15-43(73)16-13-36)25-44(74)31-72-57(56)59(78)55(50)66/h12-16,19,22,30,35,38-39,41-42,45-55,58,60-61,70,72-73,75-77,79-80,82-83H,3-4,7-11,17-18,20-21,23-29,31-34H2,1-2H3,(H4,68,69,71)/t35-,38+,39+,41+,45-,46+,47+,48-,49-,50+,51+,52+,53-,54-,55+,58-,60-,64+,65+,66+,67-/m1/s1. The first-order valence-electron chi connectivity index (χ1n) is 32.1. The number of phenolic OH excluding ortho intramolecular Hbond substituents is 1. The highest BCUT2D eigenvalue weighted by molar-refractivity contribution is 8.76. The first kappa shape index (κ1) is 61.9. The first-order valence-corrected chi connectivity index (χ1v) is 34.6. The Labute approximate surface area is 513 Å².